The van der Waals surface area contributed by atoms with Gasteiger partial charge in [0.2, 0.25) is 11.8 Å². The summed E-state index contributed by atoms with van der Waals surface area (Å²) in [5, 5.41) is 6.60. The average molecular weight is 355 g/mol. The van der Waals surface area contributed by atoms with Gasteiger partial charge in [0.1, 0.15) is 11.5 Å². The molecule has 7 nitrogen and oxygen atoms in total. The van der Waals surface area contributed by atoms with Gasteiger partial charge >= 0.3 is 0 Å². The first kappa shape index (κ1) is 19.0. The van der Waals surface area contributed by atoms with Gasteiger partial charge in [-0.1, -0.05) is 12.1 Å². The lowest BCUT2D eigenvalue weighted by Gasteiger charge is -2.06. The number of hydrogen-bond acceptors (Lipinski definition) is 5. The van der Waals surface area contributed by atoms with E-state index in [9.17, 15) is 9.59 Å². The molecule has 136 valence electrons. The Kier molecular flexibility index (Phi) is 7.17. The molecule has 26 heavy (non-hydrogen) atoms. The van der Waals surface area contributed by atoms with Gasteiger partial charge in [-0.15, -0.1) is 0 Å². The molecule has 0 unspecified atom stereocenters. The maximum Gasteiger partial charge on any atom is 0.240 e. The van der Waals surface area contributed by atoms with E-state index in [1.54, 1.807) is 44.6 Å². The minimum atomic E-state index is -0.346. The molecule has 0 radical (unpaired) electrons. The van der Waals surface area contributed by atoms with E-state index >= 15 is 0 Å². The number of para-hydroxylation sites is 1. The summed E-state index contributed by atoms with van der Waals surface area (Å²) in [6, 6.07) is 14.3. The second-order valence-electron chi connectivity index (χ2n) is 5.31. The summed E-state index contributed by atoms with van der Waals surface area (Å²) in [4.78, 5) is 23.6. The number of hydrogen-bond donors (Lipinski definition) is 2. The maximum atomic E-state index is 11.9. The Hall–Kier alpha value is -3.35. The van der Waals surface area contributed by atoms with Gasteiger partial charge in [0.05, 0.1) is 20.4 Å². The van der Waals surface area contributed by atoms with Crippen LogP contribution in [-0.4, -0.2) is 32.2 Å². The van der Waals surface area contributed by atoms with Crippen LogP contribution in [0.2, 0.25) is 0 Å². The molecule has 0 saturated heterocycles. The summed E-state index contributed by atoms with van der Waals surface area (Å²) in [7, 11) is 3.13. The van der Waals surface area contributed by atoms with E-state index in [-0.39, 0.29) is 24.7 Å². The molecule has 7 heteroatoms. The van der Waals surface area contributed by atoms with Crippen LogP contribution in [0.3, 0.4) is 0 Å². The van der Waals surface area contributed by atoms with Crippen LogP contribution < -0.4 is 20.2 Å². The molecule has 0 fully saturated rings. The Bertz CT molecular complexity index is 773. The Morgan fingerprint density at radius 1 is 0.962 bits per heavy atom. The van der Waals surface area contributed by atoms with Crippen LogP contribution in [0, 0.1) is 0 Å². The van der Waals surface area contributed by atoms with Crippen molar-refractivity contribution in [1.29, 1.82) is 0 Å². The zero-order chi connectivity index (χ0) is 18.8. The number of rotatable bonds is 8. The predicted molar refractivity (Wildman–Crippen MR) is 99.6 cm³/mol. The van der Waals surface area contributed by atoms with Crippen molar-refractivity contribution >= 4 is 23.7 Å². The lowest BCUT2D eigenvalue weighted by molar-refractivity contribution is -0.124. The molecular formula is C19H21N3O4. The van der Waals surface area contributed by atoms with E-state index in [4.69, 9.17) is 9.47 Å². The van der Waals surface area contributed by atoms with Crippen LogP contribution >= 0.6 is 0 Å². The highest BCUT2D eigenvalue weighted by atomic mass is 16.5. The lowest BCUT2D eigenvalue weighted by atomic mass is 10.2. The van der Waals surface area contributed by atoms with Crippen molar-refractivity contribution in [3.05, 3.63) is 54.1 Å². The van der Waals surface area contributed by atoms with Crippen LogP contribution in [0.4, 0.5) is 5.69 Å². The summed E-state index contributed by atoms with van der Waals surface area (Å²) in [5.74, 6) is 0.764. The Morgan fingerprint density at radius 2 is 1.65 bits per heavy atom. The number of carbonyl (C=O) groups excluding carboxylic acids is 2. The van der Waals surface area contributed by atoms with Crippen LogP contribution in [0.25, 0.3) is 0 Å². The van der Waals surface area contributed by atoms with Crippen molar-refractivity contribution in [2.24, 2.45) is 5.10 Å². The third-order valence-electron chi connectivity index (χ3n) is 3.48. The fraction of sp³-hybridized carbons (Fsp3) is 0.211. The van der Waals surface area contributed by atoms with Gasteiger partial charge in [-0.05, 0) is 36.4 Å². The molecule has 0 bridgehead atoms. The number of nitrogens with one attached hydrogen (secondary N) is 2. The minimum absolute atomic E-state index is 0.0330. The van der Waals surface area contributed by atoms with Crippen LogP contribution in [0.1, 0.15) is 18.4 Å². The molecule has 0 aromatic heterocycles. The average Bonchev–Trinajstić information content (AvgIpc) is 2.67. The number of ether oxygens (including phenoxy) is 2. The largest absolute Gasteiger partial charge is 0.497 e. The molecule has 2 aromatic rings. The molecule has 0 heterocycles. The van der Waals surface area contributed by atoms with E-state index in [1.807, 2.05) is 18.2 Å². The highest BCUT2D eigenvalue weighted by molar-refractivity contribution is 5.93. The van der Waals surface area contributed by atoms with Gasteiger partial charge in [-0.25, -0.2) is 5.43 Å². The molecule has 0 saturated carbocycles. The number of hydrazone groups is 1. The molecule has 2 rings (SSSR count). The molecular weight excluding hydrogens is 334 g/mol. The number of amides is 2. The van der Waals surface area contributed by atoms with Crippen molar-refractivity contribution in [1.82, 2.24) is 5.43 Å². The van der Waals surface area contributed by atoms with Crippen LogP contribution in [-0.2, 0) is 9.59 Å². The van der Waals surface area contributed by atoms with Crippen molar-refractivity contribution in [3.8, 4) is 11.5 Å². The molecule has 0 aliphatic heterocycles. The fourth-order valence-corrected chi connectivity index (χ4v) is 2.13. The van der Waals surface area contributed by atoms with Crippen molar-refractivity contribution in [3.63, 3.8) is 0 Å². The molecule has 0 aliphatic carbocycles. The summed E-state index contributed by atoms with van der Waals surface area (Å²) in [6.07, 6.45) is 1.58. The van der Waals surface area contributed by atoms with Crippen LogP contribution in [0.15, 0.2) is 53.6 Å². The molecule has 2 aromatic carbocycles. The molecule has 2 N–H and O–H groups in total. The Balaban J connectivity index is 1.75. The van der Waals surface area contributed by atoms with Gasteiger partial charge in [-0.3, -0.25) is 9.59 Å². The molecule has 0 spiro atoms. The van der Waals surface area contributed by atoms with Crippen LogP contribution in [0.5, 0.6) is 11.5 Å². The second kappa shape index (κ2) is 9.83. The maximum absolute atomic E-state index is 11.9. The SMILES string of the molecule is COc1ccc(NC(=O)CCC(=O)N/N=C\c2ccccc2OC)cc1. The van der Waals surface area contributed by atoms with E-state index in [1.165, 1.54) is 6.21 Å². The molecule has 0 atom stereocenters. The summed E-state index contributed by atoms with van der Waals surface area (Å²) >= 11 is 0. The smallest absolute Gasteiger partial charge is 0.240 e. The number of benzene rings is 2. The Morgan fingerprint density at radius 3 is 2.35 bits per heavy atom. The third-order valence-corrected chi connectivity index (χ3v) is 3.48. The summed E-state index contributed by atoms with van der Waals surface area (Å²) in [5.41, 5.74) is 3.78. The number of carbonyl (C=O) groups is 2. The molecule has 0 aliphatic rings. The van der Waals surface area contributed by atoms with Gasteiger partial charge in [0.15, 0.2) is 0 Å². The van der Waals surface area contributed by atoms with Gasteiger partial charge in [-0.2, -0.15) is 5.10 Å². The van der Waals surface area contributed by atoms with Crippen molar-refractivity contribution in [2.75, 3.05) is 19.5 Å². The van der Waals surface area contributed by atoms with E-state index < -0.39 is 0 Å². The van der Waals surface area contributed by atoms with E-state index in [0.717, 1.165) is 5.56 Å². The number of nitrogens with zero attached hydrogens (tertiary/aromatic N) is 1. The van der Waals surface area contributed by atoms with Crippen molar-refractivity contribution < 1.29 is 19.1 Å². The number of anilines is 1. The zero-order valence-electron chi connectivity index (χ0n) is 14.7. The second-order valence-corrected chi connectivity index (χ2v) is 5.31. The topological polar surface area (TPSA) is 89.0 Å². The zero-order valence-corrected chi connectivity index (χ0v) is 14.7. The summed E-state index contributed by atoms with van der Waals surface area (Å²) in [6.45, 7) is 0. The minimum Gasteiger partial charge on any atom is -0.497 e. The quantitative estimate of drug-likeness (QED) is 0.563. The van der Waals surface area contributed by atoms with Gasteiger partial charge in [0, 0.05) is 24.1 Å². The summed E-state index contributed by atoms with van der Waals surface area (Å²) < 4.78 is 10.2. The van der Waals surface area contributed by atoms with E-state index in [0.29, 0.717) is 17.2 Å². The monoisotopic (exact) mass is 355 g/mol. The first-order valence-electron chi connectivity index (χ1n) is 8.01. The van der Waals surface area contributed by atoms with Gasteiger partial charge < -0.3 is 14.8 Å². The first-order valence-corrected chi connectivity index (χ1v) is 8.01. The fourth-order valence-electron chi connectivity index (χ4n) is 2.13. The normalized spacial score (nSPS) is 10.4. The highest BCUT2D eigenvalue weighted by Crippen LogP contribution is 2.15. The van der Waals surface area contributed by atoms with Gasteiger partial charge in [0.25, 0.3) is 0 Å². The third kappa shape index (κ3) is 5.94. The standard InChI is InChI=1S/C19H21N3O4/c1-25-16-9-7-15(8-10-16)21-18(23)11-12-19(24)22-20-13-14-5-3-4-6-17(14)26-2/h3-10,13H,11-12H2,1-2H3,(H,21,23)(H,22,24)/b20-13-. The highest BCUT2D eigenvalue weighted by Gasteiger charge is 2.07. The predicted octanol–water partition coefficient (Wildman–Crippen LogP) is 2.57. The molecule has 2 amide bonds. The first-order chi connectivity index (χ1) is 12.6. The number of methoxy groups -OCH3 is 2. The van der Waals surface area contributed by atoms with E-state index in [2.05, 4.69) is 15.8 Å². The Labute approximate surface area is 152 Å². The lowest BCUT2D eigenvalue weighted by Crippen LogP contribution is -2.20. The van der Waals surface area contributed by atoms with Crippen molar-refractivity contribution in [2.45, 2.75) is 12.8 Å².